The molecule has 4 nitrogen and oxygen atoms in total. The van der Waals surface area contributed by atoms with Gasteiger partial charge in [0.1, 0.15) is 5.75 Å². The maximum Gasteiger partial charge on any atom is 0.119 e. The van der Waals surface area contributed by atoms with Gasteiger partial charge in [-0.25, -0.2) is 4.68 Å². The Morgan fingerprint density at radius 1 is 1.19 bits per heavy atom. The number of hydrogen-bond acceptors (Lipinski definition) is 3. The van der Waals surface area contributed by atoms with Gasteiger partial charge in [0.25, 0.3) is 0 Å². The molecule has 0 aliphatic heterocycles. The van der Waals surface area contributed by atoms with Gasteiger partial charge in [-0.05, 0) is 44.5 Å². The average Bonchev–Trinajstić information content (AvgIpc) is 3.02. The van der Waals surface area contributed by atoms with Crippen molar-refractivity contribution in [3.63, 3.8) is 0 Å². The van der Waals surface area contributed by atoms with E-state index in [0.717, 1.165) is 29.2 Å². The van der Waals surface area contributed by atoms with Crippen LogP contribution >= 0.6 is 0 Å². The van der Waals surface area contributed by atoms with Crippen LogP contribution in [0.4, 0.5) is 0 Å². The Kier molecular flexibility index (Phi) is 3.55. The van der Waals surface area contributed by atoms with Gasteiger partial charge in [0.05, 0.1) is 24.6 Å². The number of aliphatic hydroxyl groups excluding tert-OH is 1. The van der Waals surface area contributed by atoms with E-state index < -0.39 is 0 Å². The van der Waals surface area contributed by atoms with Gasteiger partial charge < -0.3 is 9.84 Å². The molecule has 4 heteroatoms. The molecule has 2 unspecified atom stereocenters. The van der Waals surface area contributed by atoms with Gasteiger partial charge in [-0.3, -0.25) is 0 Å². The molecule has 1 aliphatic rings. The molecular formula is C17H20N2O2. The molecule has 0 amide bonds. The Hall–Kier alpha value is -2.07. The molecule has 0 bridgehead atoms. The lowest BCUT2D eigenvalue weighted by molar-refractivity contribution is 0.218. The van der Waals surface area contributed by atoms with E-state index in [2.05, 4.69) is 18.1 Å². The number of allylic oxidation sites excluding steroid dienone is 1. The third kappa shape index (κ3) is 2.47. The van der Waals surface area contributed by atoms with Crippen LogP contribution in [0.2, 0.25) is 0 Å². The standard InChI is InChI=1S/C17H20N2O2/c1-11-17(13-4-7-15(20)10-13)12(2)19(18-11)14-5-8-16(21-3)9-6-14/h4-9,13,15,20H,10H2,1-3H3. The van der Waals surface area contributed by atoms with E-state index in [0.29, 0.717) is 0 Å². The SMILES string of the molecule is COc1ccc(-n2nc(C)c(C3C=CC(O)C3)c2C)cc1. The number of hydrogen-bond donors (Lipinski definition) is 1. The third-order valence-corrected chi connectivity index (χ3v) is 4.10. The topological polar surface area (TPSA) is 47.3 Å². The van der Waals surface area contributed by atoms with Crippen LogP contribution in [0.1, 0.15) is 29.3 Å². The summed E-state index contributed by atoms with van der Waals surface area (Å²) in [6.07, 6.45) is 4.36. The van der Waals surface area contributed by atoms with Crippen molar-refractivity contribution >= 4 is 0 Å². The van der Waals surface area contributed by atoms with Gasteiger partial charge in [-0.15, -0.1) is 0 Å². The highest BCUT2D eigenvalue weighted by Gasteiger charge is 2.25. The molecule has 0 saturated heterocycles. The summed E-state index contributed by atoms with van der Waals surface area (Å²) in [4.78, 5) is 0. The molecule has 110 valence electrons. The molecule has 2 atom stereocenters. The van der Waals surface area contributed by atoms with Crippen molar-refractivity contribution in [3.8, 4) is 11.4 Å². The summed E-state index contributed by atoms with van der Waals surface area (Å²) < 4.78 is 7.15. The number of ether oxygens (including phenoxy) is 1. The maximum atomic E-state index is 9.70. The van der Waals surface area contributed by atoms with Crippen molar-refractivity contribution in [1.29, 1.82) is 0 Å². The first-order chi connectivity index (χ1) is 10.1. The highest BCUT2D eigenvalue weighted by atomic mass is 16.5. The lowest BCUT2D eigenvalue weighted by Gasteiger charge is -2.11. The van der Waals surface area contributed by atoms with E-state index in [1.54, 1.807) is 7.11 Å². The molecule has 1 aromatic heterocycles. The summed E-state index contributed by atoms with van der Waals surface area (Å²) in [5.74, 6) is 1.09. The van der Waals surface area contributed by atoms with E-state index in [1.165, 1.54) is 5.56 Å². The Morgan fingerprint density at radius 2 is 1.90 bits per heavy atom. The van der Waals surface area contributed by atoms with Gasteiger partial charge >= 0.3 is 0 Å². The highest BCUT2D eigenvalue weighted by Crippen LogP contribution is 2.33. The van der Waals surface area contributed by atoms with E-state index in [4.69, 9.17) is 4.74 Å². The summed E-state index contributed by atoms with van der Waals surface area (Å²) in [7, 11) is 1.66. The van der Waals surface area contributed by atoms with Gasteiger partial charge in [0.2, 0.25) is 0 Å². The zero-order valence-electron chi connectivity index (χ0n) is 12.6. The second kappa shape index (κ2) is 5.37. The smallest absolute Gasteiger partial charge is 0.119 e. The molecule has 1 aliphatic carbocycles. The van der Waals surface area contributed by atoms with Crippen LogP contribution in [-0.2, 0) is 0 Å². The minimum atomic E-state index is -0.335. The fourth-order valence-corrected chi connectivity index (χ4v) is 3.06. The van der Waals surface area contributed by atoms with Gasteiger partial charge in [0.15, 0.2) is 0 Å². The van der Waals surface area contributed by atoms with Gasteiger partial charge in [-0.1, -0.05) is 12.2 Å². The highest BCUT2D eigenvalue weighted by molar-refractivity contribution is 5.43. The van der Waals surface area contributed by atoms with Crippen molar-refractivity contribution in [2.75, 3.05) is 7.11 Å². The van der Waals surface area contributed by atoms with Crippen molar-refractivity contribution in [1.82, 2.24) is 9.78 Å². The lowest BCUT2D eigenvalue weighted by atomic mass is 9.96. The van der Waals surface area contributed by atoms with E-state index in [-0.39, 0.29) is 12.0 Å². The second-order valence-electron chi connectivity index (χ2n) is 5.49. The van der Waals surface area contributed by atoms with Crippen molar-refractivity contribution < 1.29 is 9.84 Å². The zero-order chi connectivity index (χ0) is 15.0. The number of nitrogens with zero attached hydrogens (tertiary/aromatic N) is 2. The first-order valence-corrected chi connectivity index (χ1v) is 7.17. The van der Waals surface area contributed by atoms with Crippen molar-refractivity contribution in [2.45, 2.75) is 32.3 Å². The van der Waals surface area contributed by atoms with E-state index >= 15 is 0 Å². The van der Waals surface area contributed by atoms with Crippen LogP contribution in [0.15, 0.2) is 36.4 Å². The first-order valence-electron chi connectivity index (χ1n) is 7.17. The maximum absolute atomic E-state index is 9.70. The fraction of sp³-hybridized carbons (Fsp3) is 0.353. The molecule has 3 rings (SSSR count). The number of aromatic nitrogens is 2. The van der Waals surface area contributed by atoms with E-state index in [9.17, 15) is 5.11 Å². The predicted molar refractivity (Wildman–Crippen MR) is 82.1 cm³/mol. The number of aliphatic hydroxyl groups is 1. The summed E-state index contributed by atoms with van der Waals surface area (Å²) in [5, 5.41) is 14.4. The monoisotopic (exact) mass is 284 g/mol. The zero-order valence-corrected chi connectivity index (χ0v) is 12.6. The molecule has 0 spiro atoms. The van der Waals surface area contributed by atoms with Gasteiger partial charge in [-0.2, -0.15) is 5.10 Å². The number of benzene rings is 1. The molecule has 0 fully saturated rings. The Labute approximate surface area is 124 Å². The molecule has 2 aromatic rings. The molecule has 1 heterocycles. The molecule has 0 saturated carbocycles. The molecular weight excluding hydrogens is 264 g/mol. The Bertz CT molecular complexity index is 671. The predicted octanol–water partition coefficient (Wildman–Crippen LogP) is 2.90. The van der Waals surface area contributed by atoms with Crippen LogP contribution in [0.25, 0.3) is 5.69 Å². The van der Waals surface area contributed by atoms with Crippen LogP contribution in [0.3, 0.4) is 0 Å². The molecule has 1 aromatic carbocycles. The number of rotatable bonds is 3. The van der Waals surface area contributed by atoms with E-state index in [1.807, 2.05) is 41.9 Å². The summed E-state index contributed by atoms with van der Waals surface area (Å²) in [5.41, 5.74) is 4.39. The molecule has 0 radical (unpaired) electrons. The molecule has 1 N–H and O–H groups in total. The Morgan fingerprint density at radius 3 is 2.48 bits per heavy atom. The Balaban J connectivity index is 1.99. The fourth-order valence-electron chi connectivity index (χ4n) is 3.06. The van der Waals surface area contributed by atoms with Crippen LogP contribution in [-0.4, -0.2) is 28.1 Å². The average molecular weight is 284 g/mol. The quantitative estimate of drug-likeness (QED) is 0.882. The van der Waals surface area contributed by atoms with Crippen molar-refractivity contribution in [2.24, 2.45) is 0 Å². The summed E-state index contributed by atoms with van der Waals surface area (Å²) >= 11 is 0. The second-order valence-corrected chi connectivity index (χ2v) is 5.49. The largest absolute Gasteiger partial charge is 0.497 e. The number of aryl methyl sites for hydroxylation is 1. The number of methoxy groups -OCH3 is 1. The van der Waals surface area contributed by atoms with Crippen LogP contribution < -0.4 is 4.74 Å². The minimum Gasteiger partial charge on any atom is -0.497 e. The van der Waals surface area contributed by atoms with Crippen LogP contribution in [0, 0.1) is 13.8 Å². The minimum absolute atomic E-state index is 0.256. The summed E-state index contributed by atoms with van der Waals surface area (Å²) in [6, 6.07) is 7.87. The third-order valence-electron chi connectivity index (χ3n) is 4.10. The van der Waals surface area contributed by atoms with Crippen LogP contribution in [0.5, 0.6) is 5.75 Å². The lowest BCUT2D eigenvalue weighted by Crippen LogP contribution is -2.03. The summed E-state index contributed by atoms with van der Waals surface area (Å²) in [6.45, 7) is 4.11. The normalized spacial score (nSPS) is 21.0. The van der Waals surface area contributed by atoms with Crippen molar-refractivity contribution in [3.05, 3.63) is 53.4 Å². The molecule has 21 heavy (non-hydrogen) atoms. The first kappa shape index (κ1) is 13.9. The van der Waals surface area contributed by atoms with Gasteiger partial charge in [0, 0.05) is 17.2 Å².